The summed E-state index contributed by atoms with van der Waals surface area (Å²) in [5, 5.41) is 55.0. The molecule has 0 bridgehead atoms. The smallest absolute Gasteiger partial charge is 0.176 e. The van der Waals surface area contributed by atoms with Crippen molar-refractivity contribution in [2.75, 3.05) is 27.4 Å². The van der Waals surface area contributed by atoms with E-state index in [9.17, 15) is 19.8 Å². The molecule has 0 spiro atoms. The third-order valence-corrected chi connectivity index (χ3v) is 4.91. The van der Waals surface area contributed by atoms with Gasteiger partial charge in [0.05, 0.1) is 31.4 Å². The highest BCUT2D eigenvalue weighted by Crippen LogP contribution is 2.35. The normalized spacial score (nSPS) is 9.71. The Balaban J connectivity index is 0.000000340. The van der Waals surface area contributed by atoms with Crippen LogP contribution in [0.4, 0.5) is 0 Å². The van der Waals surface area contributed by atoms with Crippen molar-refractivity contribution in [1.82, 2.24) is 0 Å². The Labute approximate surface area is 196 Å². The molecule has 34 heavy (non-hydrogen) atoms. The fourth-order valence-corrected chi connectivity index (χ4v) is 3.23. The van der Waals surface area contributed by atoms with Gasteiger partial charge in [-0.15, -0.1) is 0 Å². The molecule has 10 nitrogen and oxygen atoms in total. The lowest BCUT2D eigenvalue weighted by atomic mass is 9.96. The van der Waals surface area contributed by atoms with Gasteiger partial charge in [-0.3, -0.25) is 9.59 Å². The number of ether oxygens (including phenoxy) is 2. The van der Waals surface area contributed by atoms with Crippen LogP contribution in [0.15, 0.2) is 12.1 Å². The van der Waals surface area contributed by atoms with Crippen LogP contribution in [0.2, 0.25) is 0 Å². The van der Waals surface area contributed by atoms with Crippen LogP contribution in [-0.2, 0) is 12.8 Å². The van der Waals surface area contributed by atoms with Crippen molar-refractivity contribution in [2.45, 2.75) is 25.7 Å². The summed E-state index contributed by atoms with van der Waals surface area (Å²) in [5.74, 6) is -0.351. The lowest BCUT2D eigenvalue weighted by Crippen LogP contribution is -2.03. The van der Waals surface area contributed by atoms with Gasteiger partial charge in [0.1, 0.15) is 17.9 Å². The average molecular weight is 470 g/mol. The summed E-state index contributed by atoms with van der Waals surface area (Å²) in [5.41, 5.74) is 1.53. The summed E-state index contributed by atoms with van der Waals surface area (Å²) in [4.78, 5) is 21.9. The molecule has 0 saturated heterocycles. The Morgan fingerprint density at radius 1 is 0.853 bits per heavy atom. The van der Waals surface area contributed by atoms with Gasteiger partial charge in [-0.2, -0.15) is 10.5 Å². The van der Waals surface area contributed by atoms with Crippen LogP contribution >= 0.6 is 0 Å². The number of nitrogens with zero attached hydrogens (tertiary/aromatic N) is 2. The summed E-state index contributed by atoms with van der Waals surface area (Å²) in [6.07, 6.45) is 2.62. The number of aromatic hydroxyl groups is 2. The minimum Gasteiger partial charge on any atom is -0.504 e. The number of nitriles is 2. The molecule has 0 aliphatic heterocycles. The minimum atomic E-state index is -0.277. The highest BCUT2D eigenvalue weighted by molar-refractivity contribution is 5.90. The Morgan fingerprint density at radius 3 is 1.85 bits per heavy atom. The zero-order valence-corrected chi connectivity index (χ0v) is 18.9. The number of phenolic OH excluding ortho intramolecular Hbond substituents is 2. The molecule has 0 aromatic heterocycles. The zero-order valence-electron chi connectivity index (χ0n) is 18.9. The molecule has 0 aliphatic rings. The van der Waals surface area contributed by atoms with E-state index in [0.717, 1.165) is 0 Å². The molecule has 0 unspecified atom stereocenters. The Hall–Kier alpha value is -4.12. The number of carbonyl (C=O) groups excluding carboxylic acids is 2. The average Bonchev–Trinajstić information content (AvgIpc) is 2.86. The third kappa shape index (κ3) is 6.45. The quantitative estimate of drug-likeness (QED) is 0.375. The van der Waals surface area contributed by atoms with Gasteiger partial charge in [-0.25, -0.2) is 0 Å². The van der Waals surface area contributed by atoms with Crippen LogP contribution in [-0.4, -0.2) is 60.4 Å². The fourth-order valence-electron chi connectivity index (χ4n) is 3.23. The molecule has 2 aromatic carbocycles. The second kappa shape index (κ2) is 14.1. The van der Waals surface area contributed by atoms with Crippen molar-refractivity contribution in [3.8, 4) is 35.1 Å². The molecule has 180 valence electrons. The van der Waals surface area contributed by atoms with Gasteiger partial charge >= 0.3 is 0 Å². The second-order valence-electron chi connectivity index (χ2n) is 6.85. The lowest BCUT2D eigenvalue weighted by molar-refractivity contribution is 0.111. The van der Waals surface area contributed by atoms with Crippen molar-refractivity contribution < 1.29 is 39.5 Å². The predicted octanol–water partition coefficient (Wildman–Crippen LogP) is 2.02. The van der Waals surface area contributed by atoms with Crippen LogP contribution in [0.1, 0.15) is 55.8 Å². The van der Waals surface area contributed by atoms with E-state index in [2.05, 4.69) is 0 Å². The molecule has 2 rings (SSSR count). The van der Waals surface area contributed by atoms with Crippen LogP contribution in [0.3, 0.4) is 0 Å². The highest BCUT2D eigenvalue weighted by atomic mass is 16.5. The molecule has 0 aliphatic carbocycles. The van der Waals surface area contributed by atoms with E-state index in [-0.39, 0.29) is 58.5 Å². The minimum absolute atomic E-state index is 0.0364. The first-order valence-electron chi connectivity index (χ1n) is 10.2. The zero-order chi connectivity index (χ0) is 25.7. The summed E-state index contributed by atoms with van der Waals surface area (Å²) in [7, 11) is 2.69. The number of aliphatic hydroxyl groups is 2. The van der Waals surface area contributed by atoms with Gasteiger partial charge in [0.25, 0.3) is 0 Å². The van der Waals surface area contributed by atoms with Gasteiger partial charge in [0, 0.05) is 24.8 Å². The van der Waals surface area contributed by atoms with Crippen molar-refractivity contribution in [1.29, 1.82) is 10.5 Å². The number of aldehydes is 2. The summed E-state index contributed by atoms with van der Waals surface area (Å²) in [6, 6.07) is 6.59. The molecular weight excluding hydrogens is 444 g/mol. The van der Waals surface area contributed by atoms with Crippen LogP contribution in [0, 0.1) is 22.7 Å². The number of aliphatic hydroxyl groups excluding tert-OH is 2. The molecule has 10 heteroatoms. The first kappa shape index (κ1) is 27.9. The molecule has 0 radical (unpaired) electrons. The first-order chi connectivity index (χ1) is 16.4. The number of benzene rings is 2. The maximum atomic E-state index is 11.0. The number of phenols is 2. The molecule has 0 fully saturated rings. The van der Waals surface area contributed by atoms with E-state index in [0.29, 0.717) is 49.4 Å². The molecule has 0 saturated carbocycles. The SMILES string of the molecule is COc1cc(C#N)c(CCCO)c(C#N)c1O.COc1cc(C=O)c(CCCO)c(C=O)c1O. The van der Waals surface area contributed by atoms with Crippen molar-refractivity contribution in [3.05, 3.63) is 45.5 Å². The van der Waals surface area contributed by atoms with E-state index < -0.39 is 0 Å². The third-order valence-electron chi connectivity index (χ3n) is 4.91. The van der Waals surface area contributed by atoms with E-state index in [4.69, 9.17) is 30.2 Å². The van der Waals surface area contributed by atoms with E-state index in [1.165, 1.54) is 26.4 Å². The molecule has 4 N–H and O–H groups in total. The monoisotopic (exact) mass is 470 g/mol. The summed E-state index contributed by atoms with van der Waals surface area (Å²) >= 11 is 0. The maximum Gasteiger partial charge on any atom is 0.176 e. The first-order valence-corrected chi connectivity index (χ1v) is 10.2. The number of hydrogen-bond donors (Lipinski definition) is 4. The summed E-state index contributed by atoms with van der Waals surface area (Å²) < 4.78 is 9.76. The molecule has 0 atom stereocenters. The van der Waals surface area contributed by atoms with Crippen molar-refractivity contribution in [3.63, 3.8) is 0 Å². The van der Waals surface area contributed by atoms with Crippen molar-refractivity contribution >= 4 is 12.6 Å². The lowest BCUT2D eigenvalue weighted by Gasteiger charge is -2.12. The highest BCUT2D eigenvalue weighted by Gasteiger charge is 2.18. The predicted molar refractivity (Wildman–Crippen MR) is 120 cm³/mol. The van der Waals surface area contributed by atoms with Gasteiger partial charge in [-0.05, 0) is 42.9 Å². The van der Waals surface area contributed by atoms with E-state index >= 15 is 0 Å². The molecule has 0 heterocycles. The van der Waals surface area contributed by atoms with Crippen molar-refractivity contribution in [2.24, 2.45) is 0 Å². The van der Waals surface area contributed by atoms with Crippen LogP contribution < -0.4 is 9.47 Å². The maximum absolute atomic E-state index is 11.0. The Bertz CT molecular complexity index is 1100. The molecule has 0 amide bonds. The van der Waals surface area contributed by atoms with Crippen LogP contribution in [0.5, 0.6) is 23.0 Å². The topological polar surface area (TPSA) is 181 Å². The number of carbonyl (C=O) groups is 2. The van der Waals surface area contributed by atoms with Crippen LogP contribution in [0.25, 0.3) is 0 Å². The Morgan fingerprint density at radius 2 is 1.41 bits per heavy atom. The fraction of sp³-hybridized carbons (Fsp3) is 0.333. The number of methoxy groups -OCH3 is 2. The van der Waals surface area contributed by atoms with Gasteiger partial charge in [0.2, 0.25) is 0 Å². The number of rotatable bonds is 10. The molecular formula is C24H26N2O8. The van der Waals surface area contributed by atoms with Gasteiger partial charge < -0.3 is 29.9 Å². The number of hydrogen-bond acceptors (Lipinski definition) is 10. The van der Waals surface area contributed by atoms with E-state index in [1.54, 1.807) is 0 Å². The van der Waals surface area contributed by atoms with Gasteiger partial charge in [-0.1, -0.05) is 0 Å². The van der Waals surface area contributed by atoms with E-state index in [1.807, 2.05) is 12.1 Å². The standard InChI is InChI=1S/C12H12N2O3.C12H14O5/c1-17-11-5-8(6-13)9(3-2-4-15)10(7-14)12(11)16;1-17-11-5-8(6-14)9(3-2-4-13)10(7-15)12(11)16/h5,15-16H,2-4H2,1H3;5-7,13,16H,2-4H2,1H3. The second-order valence-corrected chi connectivity index (χ2v) is 6.85. The summed E-state index contributed by atoms with van der Waals surface area (Å²) in [6.45, 7) is -0.0914. The molecule has 2 aromatic rings. The Kier molecular flexibility index (Phi) is 11.6. The van der Waals surface area contributed by atoms with Gasteiger partial charge in [0.15, 0.2) is 29.3 Å². The largest absolute Gasteiger partial charge is 0.504 e.